The Bertz CT molecular complexity index is 1320. The highest BCUT2D eigenvalue weighted by molar-refractivity contribution is 7.90. The number of anilines is 1. The minimum atomic E-state index is -4.25. The van der Waals surface area contributed by atoms with Crippen molar-refractivity contribution in [1.82, 2.24) is 14.5 Å². The van der Waals surface area contributed by atoms with Crippen molar-refractivity contribution in [2.24, 2.45) is 0 Å². The van der Waals surface area contributed by atoms with E-state index in [4.69, 9.17) is 0 Å². The highest BCUT2D eigenvalue weighted by Gasteiger charge is 2.35. The Morgan fingerprint density at radius 3 is 1.97 bits per heavy atom. The molecule has 0 saturated carbocycles. The Morgan fingerprint density at radius 1 is 0.868 bits per heavy atom. The maximum atomic E-state index is 14.8. The summed E-state index contributed by atoms with van der Waals surface area (Å²) < 4.78 is 42.9. The van der Waals surface area contributed by atoms with Gasteiger partial charge in [0.25, 0.3) is 0 Å². The largest absolute Gasteiger partial charge is 0.355 e. The summed E-state index contributed by atoms with van der Waals surface area (Å²) in [6.45, 7) is 1.50. The van der Waals surface area contributed by atoms with E-state index in [1.165, 1.54) is 37.2 Å². The first-order valence-electron chi connectivity index (χ1n) is 12.2. The van der Waals surface area contributed by atoms with Crippen LogP contribution in [-0.4, -0.2) is 62.7 Å². The van der Waals surface area contributed by atoms with Gasteiger partial charge in [0, 0.05) is 33.6 Å². The van der Waals surface area contributed by atoms with Gasteiger partial charge in [-0.05, 0) is 30.2 Å². The summed E-state index contributed by atoms with van der Waals surface area (Å²) in [7, 11) is -1.64. The Hall–Kier alpha value is -3.76. The Balaban J connectivity index is 2.07. The monoisotopic (exact) mass is 540 g/mol. The minimum Gasteiger partial charge on any atom is -0.355 e. The van der Waals surface area contributed by atoms with Crippen molar-refractivity contribution in [3.63, 3.8) is 0 Å². The van der Waals surface area contributed by atoms with Gasteiger partial charge < -0.3 is 10.2 Å². The number of likely N-dealkylation sites (N-methyl/N-ethyl adjacent to an activating group) is 1. The van der Waals surface area contributed by atoms with Gasteiger partial charge in [-0.1, -0.05) is 72.8 Å². The zero-order chi connectivity index (χ0) is 27.7. The molecule has 0 unspecified atom stereocenters. The van der Waals surface area contributed by atoms with Crippen LogP contribution in [0.3, 0.4) is 0 Å². The molecule has 0 saturated heterocycles. The average Bonchev–Trinajstić information content (AvgIpc) is 2.90. The van der Waals surface area contributed by atoms with E-state index >= 15 is 0 Å². The molecule has 3 aromatic carbocycles. The fourth-order valence-corrected chi connectivity index (χ4v) is 5.05. The molecule has 0 aliphatic carbocycles. The van der Waals surface area contributed by atoms with Crippen LogP contribution in [0.4, 0.5) is 10.1 Å². The molecule has 0 bridgehead atoms. The van der Waals surface area contributed by atoms with Crippen LogP contribution in [0.25, 0.3) is 0 Å². The molecule has 0 radical (unpaired) electrons. The van der Waals surface area contributed by atoms with E-state index in [2.05, 4.69) is 5.32 Å². The second-order valence-electron chi connectivity index (χ2n) is 8.86. The molecule has 1 atom stereocenters. The predicted molar refractivity (Wildman–Crippen MR) is 146 cm³/mol. The van der Waals surface area contributed by atoms with Crippen molar-refractivity contribution in [3.05, 3.63) is 102 Å². The van der Waals surface area contributed by atoms with Gasteiger partial charge in [-0.15, -0.1) is 0 Å². The van der Waals surface area contributed by atoms with Crippen LogP contribution in [0, 0.1) is 5.82 Å². The smallest absolute Gasteiger partial charge is 0.304 e. The van der Waals surface area contributed by atoms with E-state index in [0.29, 0.717) is 6.54 Å². The van der Waals surface area contributed by atoms with Crippen LogP contribution in [0.5, 0.6) is 0 Å². The summed E-state index contributed by atoms with van der Waals surface area (Å²) >= 11 is 0. The third-order valence-corrected chi connectivity index (χ3v) is 7.76. The van der Waals surface area contributed by atoms with Gasteiger partial charge in [0.2, 0.25) is 11.8 Å². The van der Waals surface area contributed by atoms with Gasteiger partial charge in [0.15, 0.2) is 0 Å². The Labute approximate surface area is 223 Å². The summed E-state index contributed by atoms with van der Waals surface area (Å²) in [6, 6.07) is 22.8. The van der Waals surface area contributed by atoms with Gasteiger partial charge in [-0.3, -0.25) is 9.59 Å². The lowest BCUT2D eigenvalue weighted by atomic mass is 10.0. The van der Waals surface area contributed by atoms with Crippen molar-refractivity contribution in [2.45, 2.75) is 25.9 Å². The number of para-hydroxylation sites is 1. The molecule has 0 heterocycles. The molecule has 38 heavy (non-hydrogen) atoms. The molecule has 0 aromatic heterocycles. The first-order chi connectivity index (χ1) is 18.1. The molecule has 2 amide bonds. The van der Waals surface area contributed by atoms with E-state index in [1.54, 1.807) is 6.92 Å². The molecule has 0 fully saturated rings. The molecule has 202 valence electrons. The molecular formula is C28H33FN4O4S. The van der Waals surface area contributed by atoms with Gasteiger partial charge in [0.05, 0.1) is 5.69 Å². The van der Waals surface area contributed by atoms with Gasteiger partial charge in [-0.25, -0.2) is 8.70 Å². The van der Waals surface area contributed by atoms with Crippen molar-refractivity contribution in [3.8, 4) is 0 Å². The standard InChI is InChI=1S/C28H33FN4O4S/c1-4-30-28(35)26(19-22-13-7-5-8-14-22)32(20-23-15-9-6-10-16-23)27(34)21-33(38(36,37)31(2)3)25-18-12-11-17-24(25)29/h5-18,26H,4,19-21H2,1-3H3,(H,30,35)/t26-/m0/s1. The first kappa shape index (κ1) is 28.8. The zero-order valence-corrected chi connectivity index (χ0v) is 22.6. The number of nitrogens with zero attached hydrogens (tertiary/aromatic N) is 3. The van der Waals surface area contributed by atoms with Gasteiger partial charge >= 0.3 is 10.2 Å². The number of carbonyl (C=O) groups excluding carboxylic acids is 2. The molecule has 0 aliphatic rings. The van der Waals surface area contributed by atoms with Crippen LogP contribution in [0.15, 0.2) is 84.9 Å². The van der Waals surface area contributed by atoms with Crippen LogP contribution < -0.4 is 9.62 Å². The van der Waals surface area contributed by atoms with Crippen LogP contribution in [0.2, 0.25) is 0 Å². The Kier molecular flexibility index (Phi) is 9.98. The van der Waals surface area contributed by atoms with Gasteiger partial charge in [0.1, 0.15) is 18.4 Å². The Morgan fingerprint density at radius 2 is 1.42 bits per heavy atom. The van der Waals surface area contributed by atoms with E-state index in [9.17, 15) is 22.4 Å². The minimum absolute atomic E-state index is 0.0570. The third-order valence-electron chi connectivity index (χ3n) is 5.96. The maximum absolute atomic E-state index is 14.8. The number of nitrogens with one attached hydrogen (secondary N) is 1. The van der Waals surface area contributed by atoms with E-state index in [-0.39, 0.29) is 24.6 Å². The van der Waals surface area contributed by atoms with Crippen LogP contribution in [0.1, 0.15) is 18.1 Å². The number of hydrogen-bond acceptors (Lipinski definition) is 4. The SMILES string of the molecule is CCNC(=O)[C@H](Cc1ccccc1)N(Cc1ccccc1)C(=O)CN(c1ccccc1F)S(=O)(=O)N(C)C. The molecule has 1 N–H and O–H groups in total. The molecule has 8 nitrogen and oxygen atoms in total. The summed E-state index contributed by atoms with van der Waals surface area (Å²) in [5, 5.41) is 2.80. The average molecular weight is 541 g/mol. The summed E-state index contributed by atoms with van der Waals surface area (Å²) in [5.74, 6) is -1.80. The zero-order valence-electron chi connectivity index (χ0n) is 21.7. The highest BCUT2D eigenvalue weighted by Crippen LogP contribution is 2.24. The molecule has 3 aromatic rings. The number of benzene rings is 3. The quantitative estimate of drug-likeness (QED) is 0.382. The summed E-state index contributed by atoms with van der Waals surface area (Å²) in [6.07, 6.45) is 0.214. The first-order valence-corrected chi connectivity index (χ1v) is 13.6. The number of halogens is 1. The second-order valence-corrected chi connectivity index (χ2v) is 10.9. The highest BCUT2D eigenvalue weighted by atomic mass is 32.2. The van der Waals surface area contributed by atoms with E-state index in [1.807, 2.05) is 60.7 Å². The molecule has 3 rings (SSSR count). The van der Waals surface area contributed by atoms with Crippen LogP contribution in [-0.2, 0) is 32.8 Å². The number of hydrogen-bond donors (Lipinski definition) is 1. The maximum Gasteiger partial charge on any atom is 0.304 e. The lowest BCUT2D eigenvalue weighted by Gasteiger charge is -2.34. The molecule has 0 spiro atoms. The number of amides is 2. The summed E-state index contributed by atoms with van der Waals surface area (Å²) in [4.78, 5) is 28.6. The van der Waals surface area contributed by atoms with Crippen LogP contribution >= 0.6 is 0 Å². The van der Waals surface area contributed by atoms with Gasteiger partial charge in [-0.2, -0.15) is 12.7 Å². The third kappa shape index (κ3) is 7.17. The fraction of sp³-hybridized carbons (Fsp3) is 0.286. The van der Waals surface area contributed by atoms with Crippen molar-refractivity contribution in [2.75, 3.05) is 31.5 Å². The molecule has 10 heteroatoms. The van der Waals surface area contributed by atoms with E-state index in [0.717, 1.165) is 25.8 Å². The van der Waals surface area contributed by atoms with Crippen molar-refractivity contribution < 1.29 is 22.4 Å². The number of carbonyl (C=O) groups is 2. The normalized spacial score (nSPS) is 12.1. The lowest BCUT2D eigenvalue weighted by molar-refractivity contribution is -0.140. The molecule has 0 aliphatic heterocycles. The second kappa shape index (κ2) is 13.2. The van der Waals surface area contributed by atoms with Crippen molar-refractivity contribution in [1.29, 1.82) is 0 Å². The lowest BCUT2D eigenvalue weighted by Crippen LogP contribution is -2.54. The molecular weight excluding hydrogens is 507 g/mol. The van der Waals surface area contributed by atoms with Crippen molar-refractivity contribution >= 4 is 27.7 Å². The summed E-state index contributed by atoms with van der Waals surface area (Å²) in [5.41, 5.74) is 1.34. The van der Waals surface area contributed by atoms with E-state index < -0.39 is 34.5 Å². The predicted octanol–water partition coefficient (Wildman–Crippen LogP) is 3.21. The fourth-order valence-electron chi connectivity index (χ4n) is 3.98. The number of rotatable bonds is 12. The topological polar surface area (TPSA) is 90.0 Å².